The Morgan fingerprint density at radius 2 is 1.83 bits per heavy atom. The predicted octanol–water partition coefficient (Wildman–Crippen LogP) is 2.44. The fraction of sp³-hybridized carbons (Fsp3) is 0.400. The molecule has 1 aromatic rings. The van der Waals surface area contributed by atoms with Gasteiger partial charge in [-0.05, 0) is 26.1 Å². The van der Waals surface area contributed by atoms with Crippen LogP contribution in [0.5, 0.6) is 0 Å². The number of benzene rings is 1. The molecule has 1 nitrogen and oxygen atoms in total. The Morgan fingerprint density at radius 3 is 2.42 bits per heavy atom. The summed E-state index contributed by atoms with van der Waals surface area (Å²) in [5.74, 6) is 1.16. The maximum atomic E-state index is 2.18. The average molecular weight is 181 g/mol. The molecule has 0 radical (unpaired) electrons. The Hall–Kier alpha value is -0.470. The summed E-state index contributed by atoms with van der Waals surface area (Å²) in [5, 5.41) is 0. The van der Waals surface area contributed by atoms with Crippen molar-refractivity contribution < 1.29 is 0 Å². The summed E-state index contributed by atoms with van der Waals surface area (Å²) in [4.78, 5) is 0. The third-order valence-corrected chi connectivity index (χ3v) is 2.49. The van der Waals surface area contributed by atoms with Gasteiger partial charge >= 0.3 is 0 Å². The SMILES string of the molecule is CN(C)SCCc1ccccc1. The van der Waals surface area contributed by atoms with Gasteiger partial charge in [-0.1, -0.05) is 42.3 Å². The summed E-state index contributed by atoms with van der Waals surface area (Å²) < 4.78 is 2.14. The highest BCUT2D eigenvalue weighted by Crippen LogP contribution is 2.07. The molecule has 0 aromatic heterocycles. The first-order valence-electron chi connectivity index (χ1n) is 4.13. The first-order valence-corrected chi connectivity index (χ1v) is 5.07. The molecule has 66 valence electrons. The molecule has 12 heavy (non-hydrogen) atoms. The van der Waals surface area contributed by atoms with Crippen molar-refractivity contribution in [2.24, 2.45) is 0 Å². The van der Waals surface area contributed by atoms with Crippen LogP contribution in [0.25, 0.3) is 0 Å². The zero-order valence-corrected chi connectivity index (χ0v) is 8.47. The second kappa shape index (κ2) is 5.22. The van der Waals surface area contributed by atoms with E-state index < -0.39 is 0 Å². The van der Waals surface area contributed by atoms with Gasteiger partial charge in [-0.2, -0.15) is 0 Å². The molecule has 0 amide bonds. The van der Waals surface area contributed by atoms with Crippen LogP contribution in [0.2, 0.25) is 0 Å². The summed E-state index contributed by atoms with van der Waals surface area (Å²) in [6.07, 6.45) is 1.16. The zero-order chi connectivity index (χ0) is 8.81. The van der Waals surface area contributed by atoms with E-state index in [-0.39, 0.29) is 0 Å². The lowest BCUT2D eigenvalue weighted by molar-refractivity contribution is 0.702. The van der Waals surface area contributed by atoms with E-state index in [1.807, 2.05) is 11.9 Å². The van der Waals surface area contributed by atoms with Crippen LogP contribution in [0, 0.1) is 0 Å². The van der Waals surface area contributed by atoms with Crippen molar-refractivity contribution in [2.45, 2.75) is 6.42 Å². The largest absolute Gasteiger partial charge is 0.257 e. The van der Waals surface area contributed by atoms with Crippen molar-refractivity contribution in [2.75, 3.05) is 19.8 Å². The van der Waals surface area contributed by atoms with E-state index in [1.54, 1.807) is 0 Å². The van der Waals surface area contributed by atoms with Crippen molar-refractivity contribution in [1.82, 2.24) is 4.31 Å². The van der Waals surface area contributed by atoms with Gasteiger partial charge in [-0.25, -0.2) is 0 Å². The van der Waals surface area contributed by atoms with Crippen LogP contribution < -0.4 is 0 Å². The first-order chi connectivity index (χ1) is 5.79. The molecule has 0 saturated carbocycles. The highest BCUT2D eigenvalue weighted by molar-refractivity contribution is 7.96. The Morgan fingerprint density at radius 1 is 1.17 bits per heavy atom. The topological polar surface area (TPSA) is 3.24 Å². The molecule has 0 aliphatic heterocycles. The van der Waals surface area contributed by atoms with Gasteiger partial charge in [-0.15, -0.1) is 0 Å². The minimum atomic E-state index is 1.16. The molecule has 0 aliphatic rings. The molecule has 0 N–H and O–H groups in total. The van der Waals surface area contributed by atoms with E-state index in [2.05, 4.69) is 48.7 Å². The molecule has 0 unspecified atom stereocenters. The van der Waals surface area contributed by atoms with Crippen molar-refractivity contribution in [3.05, 3.63) is 35.9 Å². The normalized spacial score (nSPS) is 10.6. The van der Waals surface area contributed by atoms with Gasteiger partial charge in [0.05, 0.1) is 0 Å². The Bertz CT molecular complexity index is 208. The van der Waals surface area contributed by atoms with E-state index >= 15 is 0 Å². The summed E-state index contributed by atoms with van der Waals surface area (Å²) in [7, 11) is 4.16. The molecule has 0 atom stereocenters. The third-order valence-electron chi connectivity index (χ3n) is 1.58. The van der Waals surface area contributed by atoms with Crippen molar-refractivity contribution >= 4 is 11.9 Å². The van der Waals surface area contributed by atoms with Crippen LogP contribution >= 0.6 is 11.9 Å². The lowest BCUT2D eigenvalue weighted by atomic mass is 10.2. The minimum Gasteiger partial charge on any atom is -0.257 e. The van der Waals surface area contributed by atoms with Crippen LogP contribution in [-0.4, -0.2) is 24.2 Å². The standard InChI is InChI=1S/C10H15NS/c1-11(2)12-9-8-10-6-4-3-5-7-10/h3-7H,8-9H2,1-2H3. The molecule has 0 heterocycles. The smallest absolute Gasteiger partial charge is 0.0121 e. The molecule has 0 bridgehead atoms. The molecule has 0 saturated heterocycles. The van der Waals surface area contributed by atoms with Crippen molar-refractivity contribution in [3.63, 3.8) is 0 Å². The van der Waals surface area contributed by atoms with Gasteiger partial charge in [0.1, 0.15) is 0 Å². The summed E-state index contributed by atoms with van der Waals surface area (Å²) in [6, 6.07) is 10.6. The van der Waals surface area contributed by atoms with Gasteiger partial charge in [0.25, 0.3) is 0 Å². The Balaban J connectivity index is 2.25. The lowest BCUT2D eigenvalue weighted by Crippen LogP contribution is -2.02. The highest BCUT2D eigenvalue weighted by Gasteiger charge is 1.93. The third kappa shape index (κ3) is 3.79. The molecule has 0 fully saturated rings. The van der Waals surface area contributed by atoms with Crippen LogP contribution in [0.3, 0.4) is 0 Å². The van der Waals surface area contributed by atoms with Gasteiger partial charge in [-0.3, -0.25) is 4.31 Å². The van der Waals surface area contributed by atoms with Crippen molar-refractivity contribution in [3.8, 4) is 0 Å². The van der Waals surface area contributed by atoms with Crippen LogP contribution in [0.15, 0.2) is 30.3 Å². The maximum Gasteiger partial charge on any atom is 0.0121 e. The first kappa shape index (κ1) is 9.62. The van der Waals surface area contributed by atoms with Crippen molar-refractivity contribution in [1.29, 1.82) is 0 Å². The van der Waals surface area contributed by atoms with Gasteiger partial charge in [0.2, 0.25) is 0 Å². The number of hydrogen-bond acceptors (Lipinski definition) is 2. The monoisotopic (exact) mass is 181 g/mol. The average Bonchev–Trinajstić information content (AvgIpc) is 2.05. The van der Waals surface area contributed by atoms with Gasteiger partial charge in [0, 0.05) is 5.75 Å². The fourth-order valence-corrected chi connectivity index (χ4v) is 1.68. The van der Waals surface area contributed by atoms with Gasteiger partial charge in [0.15, 0.2) is 0 Å². The van der Waals surface area contributed by atoms with E-state index in [9.17, 15) is 0 Å². The molecule has 0 aliphatic carbocycles. The molecular weight excluding hydrogens is 166 g/mol. The van der Waals surface area contributed by atoms with E-state index in [0.29, 0.717) is 0 Å². The maximum absolute atomic E-state index is 2.18. The number of rotatable bonds is 4. The Kier molecular flexibility index (Phi) is 4.19. The predicted molar refractivity (Wildman–Crippen MR) is 56.3 cm³/mol. The summed E-state index contributed by atoms with van der Waals surface area (Å²) in [5.41, 5.74) is 1.42. The van der Waals surface area contributed by atoms with Crippen LogP contribution in [-0.2, 0) is 6.42 Å². The van der Waals surface area contributed by atoms with E-state index in [4.69, 9.17) is 0 Å². The lowest BCUT2D eigenvalue weighted by Gasteiger charge is -2.07. The molecule has 0 spiro atoms. The van der Waals surface area contributed by atoms with E-state index in [0.717, 1.165) is 12.2 Å². The second-order valence-electron chi connectivity index (χ2n) is 2.88. The highest BCUT2D eigenvalue weighted by atomic mass is 32.2. The number of aryl methyl sites for hydroxylation is 1. The molecule has 1 rings (SSSR count). The molecule has 1 aromatic carbocycles. The zero-order valence-electron chi connectivity index (χ0n) is 7.66. The van der Waals surface area contributed by atoms with Crippen LogP contribution in [0.4, 0.5) is 0 Å². The van der Waals surface area contributed by atoms with E-state index in [1.165, 1.54) is 5.56 Å². The molecule has 2 heteroatoms. The quantitative estimate of drug-likeness (QED) is 0.656. The fourth-order valence-electron chi connectivity index (χ4n) is 0.991. The minimum absolute atomic E-state index is 1.16. The summed E-state index contributed by atoms with van der Waals surface area (Å²) >= 11 is 1.86. The second-order valence-corrected chi connectivity index (χ2v) is 4.28. The summed E-state index contributed by atoms with van der Waals surface area (Å²) in [6.45, 7) is 0. The Labute approximate surface area is 78.9 Å². The number of hydrogen-bond donors (Lipinski definition) is 0. The van der Waals surface area contributed by atoms with Gasteiger partial charge < -0.3 is 0 Å². The number of nitrogens with zero attached hydrogens (tertiary/aromatic N) is 1. The molecular formula is C10H15NS. The van der Waals surface area contributed by atoms with Crippen LogP contribution in [0.1, 0.15) is 5.56 Å².